The average molecular weight is 693 g/mol. The van der Waals surface area contributed by atoms with Gasteiger partial charge in [-0.25, -0.2) is 24.3 Å². The Balaban J connectivity index is 1.19. The third-order valence-electron chi connectivity index (χ3n) is 7.15. The van der Waals surface area contributed by atoms with Crippen LogP contribution in [-0.4, -0.2) is 92.6 Å². The maximum absolute atomic E-state index is 16.0. The average Bonchev–Trinajstić information content (AvgIpc) is 3.72. The van der Waals surface area contributed by atoms with E-state index in [1.165, 1.54) is 28.1 Å². The summed E-state index contributed by atoms with van der Waals surface area (Å²) >= 11 is 10.5. The topological polar surface area (TPSA) is 255 Å². The van der Waals surface area contributed by atoms with Gasteiger partial charge in [0.1, 0.15) is 30.2 Å². The van der Waals surface area contributed by atoms with Gasteiger partial charge in [0, 0.05) is 6.42 Å². The molecule has 7 N–H and O–H groups in total. The molecule has 4 unspecified atom stereocenters. The molecule has 3 fully saturated rings. The molecule has 7 heterocycles. The van der Waals surface area contributed by atoms with Gasteiger partial charge in [0.2, 0.25) is 5.95 Å². The van der Waals surface area contributed by atoms with Gasteiger partial charge >= 0.3 is 13.4 Å². The molecule has 236 valence electrons. The van der Waals surface area contributed by atoms with E-state index >= 15 is 4.39 Å². The highest BCUT2D eigenvalue weighted by molar-refractivity contribution is 8.07. The first-order valence-corrected chi connectivity index (χ1v) is 18.0. The number of alkyl halides is 1. The second kappa shape index (κ2) is 11.0. The van der Waals surface area contributed by atoms with Crippen LogP contribution in [0.4, 0.5) is 16.2 Å². The van der Waals surface area contributed by atoms with E-state index in [2.05, 4.69) is 29.9 Å². The van der Waals surface area contributed by atoms with E-state index in [0.29, 0.717) is 0 Å². The molecule has 4 aromatic heterocycles. The highest BCUT2D eigenvalue weighted by Crippen LogP contribution is 2.54. The molecule has 0 amide bonds. The lowest BCUT2D eigenvalue weighted by Crippen LogP contribution is -2.34. The van der Waals surface area contributed by atoms with Gasteiger partial charge in [-0.1, -0.05) is 0 Å². The van der Waals surface area contributed by atoms with E-state index in [4.69, 9.17) is 62.6 Å². The Morgan fingerprint density at radius 3 is 2.43 bits per heavy atom. The molecule has 19 nitrogen and oxygen atoms in total. The fourth-order valence-electron chi connectivity index (χ4n) is 5.26. The van der Waals surface area contributed by atoms with Crippen LogP contribution in [0.1, 0.15) is 18.9 Å². The molecule has 0 radical (unpaired) electrons. The fraction of sp³-hybridized carbons (Fsp3) is 0.500. The molecular formula is C20H23FN10O9P2S2. The molecule has 0 saturated carbocycles. The van der Waals surface area contributed by atoms with Gasteiger partial charge in [0.25, 0.3) is 5.56 Å². The number of rotatable bonds is 2. The summed E-state index contributed by atoms with van der Waals surface area (Å²) in [5, 5.41) is 0. The zero-order valence-electron chi connectivity index (χ0n) is 22.0. The molecule has 44 heavy (non-hydrogen) atoms. The van der Waals surface area contributed by atoms with Gasteiger partial charge in [-0.15, -0.1) is 0 Å². The summed E-state index contributed by atoms with van der Waals surface area (Å²) in [4.78, 5) is 57.0. The Hall–Kier alpha value is -2.59. The smallest absolute Gasteiger partial charge is 0.325 e. The molecule has 3 aliphatic rings. The highest BCUT2D eigenvalue weighted by Gasteiger charge is 2.51. The highest BCUT2D eigenvalue weighted by atomic mass is 32.5. The van der Waals surface area contributed by atoms with Crippen molar-refractivity contribution in [3.63, 3.8) is 0 Å². The summed E-state index contributed by atoms with van der Waals surface area (Å²) in [6.45, 7) is -9.04. The predicted molar refractivity (Wildman–Crippen MR) is 154 cm³/mol. The molecule has 0 spiro atoms. The SMILES string of the molecule is Nc1nc2c(ncn2[C@@H]2O[C@@H]3COP(O)(=S)OC4C(F)[C@H](n5cnc6c(N)ncnc65)O[C@@H]4COP(O)(=S)O[C@@H]2C3)c(=O)[nH]1. The summed E-state index contributed by atoms with van der Waals surface area (Å²) in [5.74, 6) is -0.0859. The molecular weight excluding hydrogens is 669 g/mol. The number of imidazole rings is 2. The maximum Gasteiger partial charge on any atom is 0.325 e. The van der Waals surface area contributed by atoms with Gasteiger partial charge in [-0.2, -0.15) is 4.98 Å². The first-order valence-electron chi connectivity index (χ1n) is 12.8. The van der Waals surface area contributed by atoms with E-state index in [1.807, 2.05) is 0 Å². The Morgan fingerprint density at radius 1 is 0.932 bits per heavy atom. The van der Waals surface area contributed by atoms with Gasteiger partial charge < -0.3 is 44.3 Å². The number of ether oxygens (including phenoxy) is 2. The fourth-order valence-corrected chi connectivity index (χ4v) is 8.16. The third kappa shape index (κ3) is 5.44. The molecule has 4 aromatic rings. The van der Waals surface area contributed by atoms with Gasteiger partial charge in [0.15, 0.2) is 41.3 Å². The lowest BCUT2D eigenvalue weighted by Gasteiger charge is -2.27. The van der Waals surface area contributed by atoms with Crippen molar-refractivity contribution < 1.29 is 41.7 Å². The first kappa shape index (κ1) is 30.1. The summed E-state index contributed by atoms with van der Waals surface area (Å²) in [6.07, 6.45) is -5.14. The van der Waals surface area contributed by atoms with Gasteiger partial charge in [-0.3, -0.25) is 23.4 Å². The molecule has 7 rings (SSSR count). The lowest BCUT2D eigenvalue weighted by atomic mass is 10.1. The quantitative estimate of drug-likeness (QED) is 0.172. The number of nitrogen functional groups attached to an aromatic ring is 2. The Bertz CT molecular complexity index is 1910. The number of nitrogens with one attached hydrogen (secondary N) is 1. The van der Waals surface area contributed by atoms with Crippen molar-refractivity contribution in [1.82, 2.24) is 39.0 Å². The molecule has 0 aliphatic carbocycles. The number of nitrogens with two attached hydrogens (primary N) is 2. The third-order valence-corrected chi connectivity index (χ3v) is 10.3. The summed E-state index contributed by atoms with van der Waals surface area (Å²) in [5.41, 5.74) is 11.5. The van der Waals surface area contributed by atoms with Crippen molar-refractivity contribution in [3.8, 4) is 0 Å². The van der Waals surface area contributed by atoms with Crippen molar-refractivity contribution in [2.24, 2.45) is 0 Å². The number of halogens is 1. The van der Waals surface area contributed by atoms with E-state index in [1.54, 1.807) is 0 Å². The second-order valence-corrected chi connectivity index (χ2v) is 15.6. The van der Waals surface area contributed by atoms with E-state index in [9.17, 15) is 14.6 Å². The number of aromatic nitrogens is 8. The minimum atomic E-state index is -4.12. The van der Waals surface area contributed by atoms with Crippen LogP contribution in [0.5, 0.6) is 0 Å². The summed E-state index contributed by atoms with van der Waals surface area (Å²) in [7, 11) is 0. The zero-order valence-corrected chi connectivity index (χ0v) is 25.4. The van der Waals surface area contributed by atoms with Crippen molar-refractivity contribution in [2.45, 2.75) is 49.5 Å². The number of hydrogen-bond acceptors (Lipinski definition) is 16. The van der Waals surface area contributed by atoms with Crippen LogP contribution >= 0.6 is 13.4 Å². The van der Waals surface area contributed by atoms with Crippen molar-refractivity contribution in [1.29, 1.82) is 0 Å². The summed E-state index contributed by atoms with van der Waals surface area (Å²) in [6, 6.07) is 0. The zero-order chi connectivity index (χ0) is 31.0. The van der Waals surface area contributed by atoms with Crippen LogP contribution < -0.4 is 17.0 Å². The molecule has 9 atom stereocenters. The number of H-pyrrole nitrogens is 1. The van der Waals surface area contributed by atoms with Crippen molar-refractivity contribution >= 4 is 71.1 Å². The van der Waals surface area contributed by atoms with Crippen LogP contribution in [0.3, 0.4) is 0 Å². The minimum Gasteiger partial charge on any atom is -0.382 e. The Kier molecular flexibility index (Phi) is 7.55. The van der Waals surface area contributed by atoms with Crippen LogP contribution in [0.25, 0.3) is 22.3 Å². The normalized spacial score (nSPS) is 36.6. The Morgan fingerprint density at radius 2 is 1.64 bits per heavy atom. The van der Waals surface area contributed by atoms with Gasteiger partial charge in [-0.05, 0) is 23.6 Å². The lowest BCUT2D eigenvalue weighted by molar-refractivity contribution is -0.0597. The number of fused-ring (bicyclic) bond motifs is 5. The predicted octanol–water partition coefficient (Wildman–Crippen LogP) is -0.102. The largest absolute Gasteiger partial charge is 0.382 e. The van der Waals surface area contributed by atoms with E-state index in [0.717, 1.165) is 0 Å². The van der Waals surface area contributed by atoms with Crippen LogP contribution in [0, 0.1) is 0 Å². The molecule has 2 bridgehead atoms. The summed E-state index contributed by atoms with van der Waals surface area (Å²) < 4.78 is 53.3. The number of aromatic amines is 1. The maximum atomic E-state index is 16.0. The van der Waals surface area contributed by atoms with E-state index in [-0.39, 0.29) is 47.1 Å². The molecule has 0 aromatic carbocycles. The Labute approximate surface area is 255 Å². The van der Waals surface area contributed by atoms with Crippen LogP contribution in [0.2, 0.25) is 0 Å². The van der Waals surface area contributed by atoms with Crippen LogP contribution in [-0.2, 0) is 51.2 Å². The first-order chi connectivity index (χ1) is 20.9. The number of nitrogens with zero attached hydrogens (tertiary/aromatic N) is 7. The number of anilines is 2. The minimum absolute atomic E-state index is 0.0193. The monoisotopic (exact) mass is 692 g/mol. The van der Waals surface area contributed by atoms with E-state index < -0.39 is 68.6 Å². The number of hydrogen-bond donors (Lipinski definition) is 5. The molecule has 3 saturated heterocycles. The van der Waals surface area contributed by atoms with Crippen molar-refractivity contribution in [2.75, 3.05) is 24.7 Å². The van der Waals surface area contributed by atoms with Crippen molar-refractivity contribution in [3.05, 3.63) is 29.3 Å². The van der Waals surface area contributed by atoms with Gasteiger partial charge in [0.05, 0.1) is 32.0 Å². The van der Waals surface area contributed by atoms with Crippen LogP contribution in [0.15, 0.2) is 23.8 Å². The second-order valence-electron chi connectivity index (χ2n) is 9.99. The molecule has 3 aliphatic heterocycles. The molecule has 24 heteroatoms. The standard InChI is InChI=1S/C20H23FN10O9P2S2/c21-10-13-9(38-19(10)30-5-26-11-14(22)24-4-25-15(11)30)3-36-41(33,43)39-8-1-7(2-35-42(34,44)40-13)37-18(8)31-6-27-12-16(31)28-20(23)29-17(12)32/h4-10,13,18-19H,1-3H2,(H,33,43)(H,34,44)(H2,22,24,25)(H3,23,28,29,32)/t7-,8+,9+,10?,13?,18+,19+,41?,42?/m0/s1.